The average Bonchev–Trinajstić information content (AvgIpc) is 4.00. The number of imide groups is 2. The minimum absolute atomic E-state index is 0.00699. The number of aromatic hydroxyl groups is 1. The number of anilines is 4. The van der Waals surface area contributed by atoms with Crippen LogP contribution in [0.1, 0.15) is 71.2 Å². The maximum Gasteiger partial charge on any atom is 0.262 e. The van der Waals surface area contributed by atoms with Crippen molar-refractivity contribution in [2.45, 2.75) is 63.1 Å². The van der Waals surface area contributed by atoms with Gasteiger partial charge in [-0.25, -0.2) is 0 Å². The van der Waals surface area contributed by atoms with Crippen molar-refractivity contribution in [3.05, 3.63) is 89.5 Å². The molecule has 5 heterocycles. The van der Waals surface area contributed by atoms with E-state index in [4.69, 9.17) is 5.73 Å². The highest BCUT2D eigenvalue weighted by Crippen LogP contribution is 2.48. The molecule has 1 aliphatic carbocycles. The number of hydrogen-bond acceptors (Lipinski definition) is 13. The van der Waals surface area contributed by atoms with E-state index in [9.17, 15) is 29.1 Å². The minimum Gasteiger partial charge on any atom is -0.507 e. The van der Waals surface area contributed by atoms with Crippen LogP contribution in [0, 0.1) is 5.92 Å². The number of hydrogen-bond donors (Lipinski definition) is 4. The number of nitrogens with one attached hydrogen (secondary N) is 2. The van der Waals surface area contributed by atoms with Crippen molar-refractivity contribution in [1.29, 1.82) is 0 Å². The third-order valence-electron chi connectivity index (χ3n) is 13.3. The van der Waals surface area contributed by atoms with Crippen molar-refractivity contribution in [2.24, 2.45) is 5.92 Å². The molecule has 5 amide bonds. The Labute approximate surface area is 360 Å². The minimum atomic E-state index is -0.987. The summed E-state index contributed by atoms with van der Waals surface area (Å²) < 4.78 is 0. The first-order valence-electron chi connectivity index (χ1n) is 21.6. The van der Waals surface area contributed by atoms with Gasteiger partial charge in [0.05, 0.1) is 28.0 Å². The Hall–Kier alpha value is -6.55. The number of phenolic OH excluding ortho intramolecular Hbond substituents is 1. The maximum atomic E-state index is 13.4. The van der Waals surface area contributed by atoms with Crippen molar-refractivity contribution in [1.82, 2.24) is 30.6 Å². The molecular formula is C46H52N10O6. The van der Waals surface area contributed by atoms with Gasteiger partial charge in [-0.2, -0.15) is 0 Å². The number of rotatable bonds is 14. The molecule has 0 bridgehead atoms. The van der Waals surface area contributed by atoms with Crippen LogP contribution in [0.2, 0.25) is 0 Å². The smallest absolute Gasteiger partial charge is 0.262 e. The van der Waals surface area contributed by atoms with Gasteiger partial charge in [-0.15, -0.1) is 10.2 Å². The number of piperidine rings is 2. The standard InChI is InChI=1S/C46H52N10O6/c47-42-39(26-37(50-51-42)35-6-1-2-7-40(35)58)54-22-23-55(46(28-54)15-16-46)33-5-3-4-31(24-33)27-52(21-17-48-29-57)18-12-30-13-19-53(20-14-30)32-8-9-34-36(25-32)45(62)56(44(34)61)38-10-11-41(59)49-43(38)60/h1-9,24-26,29-30,38,58H,10-23,27-28H2,(H2,47,51)(H,48,57)(H,49,59,60). The third-order valence-corrected chi connectivity index (χ3v) is 13.3. The first-order valence-corrected chi connectivity index (χ1v) is 21.6. The number of nitrogen functional groups attached to an aromatic ring is 1. The number of carbonyl (C=O) groups is 5. The second-order valence-corrected chi connectivity index (χ2v) is 17.2. The second-order valence-electron chi connectivity index (χ2n) is 17.2. The van der Waals surface area contributed by atoms with E-state index in [0.29, 0.717) is 35.1 Å². The topological polar surface area (TPSA) is 198 Å². The summed E-state index contributed by atoms with van der Waals surface area (Å²) in [4.78, 5) is 72.5. The van der Waals surface area contributed by atoms with Gasteiger partial charge in [-0.1, -0.05) is 24.3 Å². The fraction of sp³-hybridized carbons (Fsp3) is 0.413. The summed E-state index contributed by atoms with van der Waals surface area (Å²) in [5.74, 6) is -0.974. The molecule has 0 radical (unpaired) electrons. The second kappa shape index (κ2) is 17.1. The Morgan fingerprint density at radius 1 is 0.839 bits per heavy atom. The first-order chi connectivity index (χ1) is 30.1. The molecular weight excluding hydrogens is 789 g/mol. The Balaban J connectivity index is 0.809. The van der Waals surface area contributed by atoms with Crippen molar-refractivity contribution in [3.63, 3.8) is 0 Å². The summed E-state index contributed by atoms with van der Waals surface area (Å²) >= 11 is 0. The third kappa shape index (κ3) is 8.13. The largest absolute Gasteiger partial charge is 0.507 e. The summed E-state index contributed by atoms with van der Waals surface area (Å²) in [6.45, 7) is 6.95. The lowest BCUT2D eigenvalue weighted by Gasteiger charge is -2.45. The van der Waals surface area contributed by atoms with Gasteiger partial charge in [0.2, 0.25) is 18.2 Å². The van der Waals surface area contributed by atoms with Crippen molar-refractivity contribution in [2.75, 3.05) is 72.8 Å². The van der Waals surface area contributed by atoms with Gasteiger partial charge >= 0.3 is 0 Å². The molecule has 1 unspecified atom stereocenters. The quantitative estimate of drug-likeness (QED) is 0.0819. The lowest BCUT2D eigenvalue weighted by molar-refractivity contribution is -0.136. The number of phenols is 1. The van der Waals surface area contributed by atoms with Crippen LogP contribution < -0.4 is 31.1 Å². The van der Waals surface area contributed by atoms with Gasteiger partial charge in [0.1, 0.15) is 11.8 Å². The highest BCUT2D eigenvalue weighted by atomic mass is 16.3. The van der Waals surface area contributed by atoms with Crippen LogP contribution in [-0.2, 0) is 20.9 Å². The number of para-hydroxylation sites is 1. The predicted octanol–water partition coefficient (Wildman–Crippen LogP) is 3.55. The van der Waals surface area contributed by atoms with E-state index in [1.54, 1.807) is 24.3 Å². The fourth-order valence-electron chi connectivity index (χ4n) is 9.76. The van der Waals surface area contributed by atoms with E-state index in [0.717, 1.165) is 107 Å². The van der Waals surface area contributed by atoms with E-state index < -0.39 is 29.7 Å². The van der Waals surface area contributed by atoms with Gasteiger partial charge in [0.15, 0.2) is 5.82 Å². The normalized spacial score (nSPS) is 19.9. The molecule has 3 saturated heterocycles. The van der Waals surface area contributed by atoms with Crippen LogP contribution in [0.15, 0.2) is 72.8 Å². The molecule has 4 aromatic rings. The van der Waals surface area contributed by atoms with Crippen LogP contribution >= 0.6 is 0 Å². The van der Waals surface area contributed by atoms with Crippen LogP contribution in [0.25, 0.3) is 11.3 Å². The average molecular weight is 841 g/mol. The molecule has 16 nitrogen and oxygen atoms in total. The molecule has 1 saturated carbocycles. The summed E-state index contributed by atoms with van der Waals surface area (Å²) in [6, 6.07) is 22.2. The van der Waals surface area contributed by atoms with Crippen LogP contribution in [-0.4, -0.2) is 119 Å². The van der Waals surface area contributed by atoms with E-state index in [1.165, 1.54) is 11.3 Å². The van der Waals surface area contributed by atoms with Gasteiger partial charge in [0, 0.05) is 75.7 Å². The number of aromatic nitrogens is 2. The van der Waals surface area contributed by atoms with E-state index in [2.05, 4.69) is 64.7 Å². The highest BCUT2D eigenvalue weighted by molar-refractivity contribution is 6.23. The molecule has 4 aliphatic heterocycles. The SMILES string of the molecule is Nc1nnc(-c2ccccc2O)cc1N1CCN(c2cccc(CN(CCNC=O)CCC3CCN(c4ccc5c(c4)C(=O)N(C4CCC(=O)NC4=O)C5=O)CC3)c2)C2(CC2)C1. The van der Waals surface area contributed by atoms with Gasteiger partial charge in [-0.05, 0) is 105 Å². The number of fused-ring (bicyclic) bond motifs is 1. The van der Waals surface area contributed by atoms with Crippen LogP contribution in [0.4, 0.5) is 22.9 Å². The number of nitrogens with zero attached hydrogens (tertiary/aromatic N) is 7. The molecule has 322 valence electrons. The zero-order valence-corrected chi connectivity index (χ0v) is 34.7. The zero-order chi connectivity index (χ0) is 43.0. The van der Waals surface area contributed by atoms with Crippen LogP contribution in [0.5, 0.6) is 5.75 Å². The number of carbonyl (C=O) groups excluding carboxylic acids is 5. The number of piperazine rings is 1. The molecule has 1 spiro atoms. The summed E-state index contributed by atoms with van der Waals surface area (Å²) in [5, 5.41) is 24.1. The van der Waals surface area contributed by atoms with Gasteiger partial charge in [-0.3, -0.25) is 39.1 Å². The van der Waals surface area contributed by atoms with Gasteiger partial charge in [0.25, 0.3) is 11.8 Å². The van der Waals surface area contributed by atoms with Crippen molar-refractivity contribution >= 4 is 52.9 Å². The molecule has 16 heteroatoms. The Morgan fingerprint density at radius 3 is 2.42 bits per heavy atom. The van der Waals surface area contributed by atoms with E-state index >= 15 is 0 Å². The maximum absolute atomic E-state index is 13.4. The fourth-order valence-corrected chi connectivity index (χ4v) is 9.76. The Bertz CT molecular complexity index is 2400. The monoisotopic (exact) mass is 840 g/mol. The Morgan fingerprint density at radius 2 is 1.65 bits per heavy atom. The molecule has 3 aromatic carbocycles. The molecule has 5 N–H and O–H groups in total. The molecule has 9 rings (SSSR count). The summed E-state index contributed by atoms with van der Waals surface area (Å²) in [5.41, 5.74) is 12.3. The highest BCUT2D eigenvalue weighted by Gasteiger charge is 2.52. The molecule has 1 atom stereocenters. The number of benzene rings is 3. The van der Waals surface area contributed by atoms with Crippen molar-refractivity contribution in [3.8, 4) is 17.0 Å². The molecule has 4 fully saturated rings. The number of amides is 5. The summed E-state index contributed by atoms with van der Waals surface area (Å²) in [7, 11) is 0. The molecule has 1 aromatic heterocycles. The Kier molecular flexibility index (Phi) is 11.2. The van der Waals surface area contributed by atoms with E-state index in [-0.39, 0.29) is 29.7 Å². The van der Waals surface area contributed by atoms with Crippen LogP contribution in [0.3, 0.4) is 0 Å². The molecule has 62 heavy (non-hydrogen) atoms. The number of nitrogens with two attached hydrogens (primary N) is 1. The summed E-state index contributed by atoms with van der Waals surface area (Å²) in [6.07, 6.45) is 6.08. The van der Waals surface area contributed by atoms with Crippen molar-refractivity contribution < 1.29 is 29.1 Å². The molecule has 5 aliphatic rings. The first kappa shape index (κ1) is 40.8. The zero-order valence-electron chi connectivity index (χ0n) is 34.7. The lowest BCUT2D eigenvalue weighted by Crippen LogP contribution is -2.55. The van der Waals surface area contributed by atoms with E-state index in [1.807, 2.05) is 24.3 Å². The predicted molar refractivity (Wildman–Crippen MR) is 234 cm³/mol. The lowest BCUT2D eigenvalue weighted by atomic mass is 9.92. The van der Waals surface area contributed by atoms with Gasteiger partial charge < -0.3 is 30.9 Å².